The molecule has 5 rings (SSSR count). The van der Waals surface area contributed by atoms with Crippen LogP contribution in [-0.4, -0.2) is 56.9 Å². The van der Waals surface area contributed by atoms with E-state index in [0.717, 1.165) is 32.0 Å². The highest BCUT2D eigenvalue weighted by molar-refractivity contribution is 5.74. The van der Waals surface area contributed by atoms with E-state index in [1.54, 1.807) is 23.2 Å². The second-order valence-corrected chi connectivity index (χ2v) is 11.6. The van der Waals surface area contributed by atoms with Crippen LogP contribution in [0.3, 0.4) is 0 Å². The fraction of sp³-hybridized carbons (Fsp3) is 0.500. The molecule has 0 spiro atoms. The van der Waals surface area contributed by atoms with Crippen LogP contribution in [0, 0.1) is 11.3 Å². The summed E-state index contributed by atoms with van der Waals surface area (Å²) in [5.41, 5.74) is 0.596. The quantitative estimate of drug-likeness (QED) is 0.385. The average molecular weight is 557 g/mol. The van der Waals surface area contributed by atoms with Gasteiger partial charge in [0.25, 0.3) is 0 Å². The minimum Gasteiger partial charge on any atom is -0.334 e. The van der Waals surface area contributed by atoms with E-state index in [1.807, 2.05) is 10.9 Å². The van der Waals surface area contributed by atoms with Crippen molar-refractivity contribution in [3.8, 4) is 11.3 Å². The number of amides is 2. The lowest BCUT2D eigenvalue weighted by atomic mass is 9.80. The summed E-state index contributed by atoms with van der Waals surface area (Å²) in [7, 11) is 0. The van der Waals surface area contributed by atoms with Crippen LogP contribution < -0.4 is 16.0 Å². The molecular weight excluding hydrogens is 521 g/mol. The minimum atomic E-state index is -4.60. The van der Waals surface area contributed by atoms with Crippen molar-refractivity contribution >= 4 is 17.7 Å². The van der Waals surface area contributed by atoms with E-state index in [4.69, 9.17) is 0 Å². The molecule has 2 aromatic heterocycles. The number of alkyl halides is 3. The van der Waals surface area contributed by atoms with Crippen LogP contribution in [0.1, 0.15) is 50.8 Å². The first kappa shape index (κ1) is 27.9. The molecule has 2 amide bonds. The molecule has 40 heavy (non-hydrogen) atoms. The number of hydrogen-bond donors (Lipinski definition) is 3. The number of nitrogens with one attached hydrogen (secondary N) is 3. The van der Waals surface area contributed by atoms with Crippen LogP contribution in [0.25, 0.3) is 11.3 Å². The van der Waals surface area contributed by atoms with E-state index in [2.05, 4.69) is 51.8 Å². The van der Waals surface area contributed by atoms with Gasteiger partial charge in [0.1, 0.15) is 0 Å². The number of anilines is 2. The molecule has 3 aromatic rings. The number of halogens is 3. The monoisotopic (exact) mass is 556 g/mol. The van der Waals surface area contributed by atoms with Gasteiger partial charge in [-0.2, -0.15) is 18.3 Å². The van der Waals surface area contributed by atoms with Crippen LogP contribution in [0.15, 0.2) is 42.9 Å². The molecule has 214 valence electrons. The first-order chi connectivity index (χ1) is 19.0. The Hall–Kier alpha value is -3.67. The molecule has 9 nitrogen and oxygen atoms in total. The SMILES string of the molecule is CC(C)(C)C1CCN(C(=O)NCc2ccc(-c3ccnc(Nc4cnn([C@@H]5CCNC5)c4)n3)cc2C(F)(F)F)C1. The second kappa shape index (κ2) is 11.1. The number of aromatic nitrogens is 4. The maximum atomic E-state index is 14.1. The van der Waals surface area contributed by atoms with Gasteiger partial charge in [-0.05, 0) is 48.4 Å². The Kier molecular flexibility index (Phi) is 7.72. The number of urea groups is 1. The number of benzene rings is 1. The number of hydrogen-bond acceptors (Lipinski definition) is 6. The Morgan fingerprint density at radius 2 is 2.00 bits per heavy atom. The zero-order valence-electron chi connectivity index (χ0n) is 22.9. The van der Waals surface area contributed by atoms with Gasteiger partial charge < -0.3 is 20.9 Å². The molecule has 1 aromatic carbocycles. The third-order valence-electron chi connectivity index (χ3n) is 7.76. The molecule has 0 bridgehead atoms. The molecule has 2 aliphatic heterocycles. The van der Waals surface area contributed by atoms with Crippen LogP contribution in [0.5, 0.6) is 0 Å². The maximum absolute atomic E-state index is 14.1. The van der Waals surface area contributed by atoms with E-state index < -0.39 is 11.7 Å². The predicted molar refractivity (Wildman–Crippen MR) is 146 cm³/mol. The smallest absolute Gasteiger partial charge is 0.334 e. The zero-order valence-corrected chi connectivity index (χ0v) is 22.9. The third-order valence-corrected chi connectivity index (χ3v) is 7.76. The highest BCUT2D eigenvalue weighted by atomic mass is 19.4. The van der Waals surface area contributed by atoms with E-state index in [-0.39, 0.29) is 35.5 Å². The Morgan fingerprint density at radius 1 is 1.18 bits per heavy atom. The van der Waals surface area contributed by atoms with E-state index >= 15 is 0 Å². The van der Waals surface area contributed by atoms with Gasteiger partial charge in [0.15, 0.2) is 0 Å². The van der Waals surface area contributed by atoms with Crippen molar-refractivity contribution in [2.24, 2.45) is 11.3 Å². The van der Waals surface area contributed by atoms with Crippen LogP contribution in [-0.2, 0) is 12.7 Å². The van der Waals surface area contributed by atoms with E-state index in [0.29, 0.717) is 36.0 Å². The number of carbonyl (C=O) groups excluding carboxylic acids is 1. The van der Waals surface area contributed by atoms with Gasteiger partial charge >= 0.3 is 12.2 Å². The summed E-state index contributed by atoms with van der Waals surface area (Å²) in [6, 6.07) is 5.55. The van der Waals surface area contributed by atoms with Gasteiger partial charge in [0, 0.05) is 44.1 Å². The summed E-state index contributed by atoms with van der Waals surface area (Å²) in [5, 5.41) is 13.5. The Labute approximate surface area is 231 Å². The van der Waals surface area contributed by atoms with Crippen molar-refractivity contribution < 1.29 is 18.0 Å². The zero-order chi connectivity index (χ0) is 28.5. The summed E-state index contributed by atoms with van der Waals surface area (Å²) in [6.07, 6.45) is 2.31. The van der Waals surface area contributed by atoms with E-state index in [1.165, 1.54) is 12.3 Å². The number of nitrogens with zero attached hydrogens (tertiary/aromatic N) is 5. The lowest BCUT2D eigenvalue weighted by Gasteiger charge is -2.27. The second-order valence-electron chi connectivity index (χ2n) is 11.6. The van der Waals surface area contributed by atoms with Crippen LogP contribution >= 0.6 is 0 Å². The maximum Gasteiger partial charge on any atom is 0.416 e. The topological polar surface area (TPSA) is 100 Å². The molecular formula is C28H35F3N8O. The molecule has 2 saturated heterocycles. The minimum absolute atomic E-state index is 0.00242. The van der Waals surface area contributed by atoms with Crippen molar-refractivity contribution in [2.45, 2.75) is 52.4 Å². The average Bonchev–Trinajstić information content (AvgIpc) is 3.68. The van der Waals surface area contributed by atoms with Crippen LogP contribution in [0.2, 0.25) is 0 Å². The standard InChI is InChI=1S/C28H35F3N8O/c1-27(2,3)20-8-11-38(16-20)26(40)34-13-19-5-4-18(12-23(19)28(29,30)31)24-7-10-33-25(37-24)36-21-14-35-39(17-21)22-6-9-32-15-22/h4-5,7,10,12,14,17,20,22,32H,6,8-9,11,13,15-16H2,1-3H3,(H,34,40)(H,33,36,37)/t20?,22-/m1/s1. The van der Waals surface area contributed by atoms with Crippen molar-refractivity contribution in [2.75, 3.05) is 31.5 Å². The van der Waals surface area contributed by atoms with Gasteiger partial charge in [0.2, 0.25) is 5.95 Å². The molecule has 0 saturated carbocycles. The van der Waals surface area contributed by atoms with Crippen LogP contribution in [0.4, 0.5) is 29.6 Å². The molecule has 2 aliphatic rings. The van der Waals surface area contributed by atoms with Gasteiger partial charge in [-0.3, -0.25) is 4.68 Å². The molecule has 12 heteroatoms. The fourth-order valence-electron chi connectivity index (χ4n) is 5.26. The summed E-state index contributed by atoms with van der Waals surface area (Å²) in [4.78, 5) is 23.0. The summed E-state index contributed by atoms with van der Waals surface area (Å²) in [5.74, 6) is 0.613. The van der Waals surface area contributed by atoms with Crippen molar-refractivity contribution in [1.82, 2.24) is 35.3 Å². The van der Waals surface area contributed by atoms with Gasteiger partial charge in [0.05, 0.1) is 29.2 Å². The largest absolute Gasteiger partial charge is 0.416 e. The summed E-state index contributed by atoms with van der Waals surface area (Å²) < 4.78 is 44.1. The number of likely N-dealkylation sites (tertiary alicyclic amines) is 1. The van der Waals surface area contributed by atoms with Crippen molar-refractivity contribution in [3.63, 3.8) is 0 Å². The Balaban J connectivity index is 1.28. The molecule has 1 unspecified atom stereocenters. The Morgan fingerprint density at radius 3 is 2.70 bits per heavy atom. The summed E-state index contributed by atoms with van der Waals surface area (Å²) in [6.45, 7) is 9.18. The van der Waals surface area contributed by atoms with Gasteiger partial charge in [-0.1, -0.05) is 32.9 Å². The molecule has 4 heterocycles. The molecule has 0 radical (unpaired) electrons. The fourth-order valence-corrected chi connectivity index (χ4v) is 5.26. The first-order valence-corrected chi connectivity index (χ1v) is 13.6. The lowest BCUT2D eigenvalue weighted by Crippen LogP contribution is -2.39. The van der Waals surface area contributed by atoms with Gasteiger partial charge in [-0.25, -0.2) is 14.8 Å². The van der Waals surface area contributed by atoms with Gasteiger partial charge in [-0.15, -0.1) is 0 Å². The lowest BCUT2D eigenvalue weighted by molar-refractivity contribution is -0.138. The Bertz CT molecular complexity index is 1340. The van der Waals surface area contributed by atoms with E-state index in [9.17, 15) is 18.0 Å². The van der Waals surface area contributed by atoms with Crippen molar-refractivity contribution in [3.05, 3.63) is 54.0 Å². The normalized spacial score (nSPS) is 19.7. The number of rotatable bonds is 6. The highest BCUT2D eigenvalue weighted by Crippen LogP contribution is 2.36. The number of carbonyl (C=O) groups is 1. The first-order valence-electron chi connectivity index (χ1n) is 13.6. The molecule has 0 aliphatic carbocycles. The molecule has 2 atom stereocenters. The highest BCUT2D eigenvalue weighted by Gasteiger charge is 2.35. The summed E-state index contributed by atoms with van der Waals surface area (Å²) >= 11 is 0. The van der Waals surface area contributed by atoms with Crippen molar-refractivity contribution in [1.29, 1.82) is 0 Å². The predicted octanol–water partition coefficient (Wildman–Crippen LogP) is 5.21. The third kappa shape index (κ3) is 6.38. The molecule has 2 fully saturated rings. The molecule has 3 N–H and O–H groups in total.